The van der Waals surface area contributed by atoms with Gasteiger partial charge in [0.1, 0.15) is 12.0 Å². The Balaban J connectivity index is 2.17. The molecule has 0 amide bonds. The minimum absolute atomic E-state index is 0.837. The van der Waals surface area contributed by atoms with Gasteiger partial charge in [-0.25, -0.2) is 0 Å². The van der Waals surface area contributed by atoms with Gasteiger partial charge < -0.3 is 9.15 Å². The van der Waals surface area contributed by atoms with E-state index in [-0.39, 0.29) is 0 Å². The van der Waals surface area contributed by atoms with E-state index in [0.717, 1.165) is 16.9 Å². The van der Waals surface area contributed by atoms with Crippen molar-refractivity contribution in [2.75, 3.05) is 7.11 Å². The molecule has 0 aliphatic heterocycles. The second-order valence-corrected chi connectivity index (χ2v) is 2.99. The lowest BCUT2D eigenvalue weighted by Crippen LogP contribution is -1.81. The molecule has 0 saturated heterocycles. The number of ether oxygens (including phenoxy) is 1. The Morgan fingerprint density at radius 1 is 1.00 bits per heavy atom. The maximum Gasteiger partial charge on any atom is 0.118 e. The topological polar surface area (TPSA) is 22.4 Å². The smallest absolute Gasteiger partial charge is 0.118 e. The number of furan rings is 1. The number of hydrogen-bond acceptors (Lipinski definition) is 2. The fraction of sp³-hybridized carbons (Fsp3) is 0.0769. The highest BCUT2D eigenvalue weighted by molar-refractivity contribution is 5.43. The van der Waals surface area contributed by atoms with Gasteiger partial charge in [-0.2, -0.15) is 0 Å². The van der Waals surface area contributed by atoms with Gasteiger partial charge in [0.15, 0.2) is 0 Å². The second-order valence-electron chi connectivity index (χ2n) is 2.99. The summed E-state index contributed by atoms with van der Waals surface area (Å²) < 4.78 is 9.97. The first-order valence-corrected chi connectivity index (χ1v) is 4.57. The van der Waals surface area contributed by atoms with Crippen LogP contribution >= 0.6 is 0 Å². The minimum atomic E-state index is 0.837. The number of benzene rings is 1. The first-order chi connectivity index (χ1) is 7.38. The molecule has 0 bridgehead atoms. The Morgan fingerprint density at radius 2 is 1.73 bits per heavy atom. The zero-order chi connectivity index (χ0) is 10.5. The van der Waals surface area contributed by atoms with Crippen molar-refractivity contribution in [2.45, 2.75) is 0 Å². The van der Waals surface area contributed by atoms with Crippen LogP contribution in [0.2, 0.25) is 0 Å². The molecule has 0 aliphatic rings. The van der Waals surface area contributed by atoms with Crippen LogP contribution in [0.15, 0.2) is 47.3 Å². The molecule has 2 rings (SSSR count). The standard InChI is InChI=1S/C13H10O2/c1-14-13-6-4-11(5-7-13)2-3-12-8-9-15-10-12/h4-10H,1H3. The highest BCUT2D eigenvalue weighted by atomic mass is 16.5. The molecule has 1 aromatic heterocycles. The highest BCUT2D eigenvalue weighted by Crippen LogP contribution is 2.10. The third-order valence-electron chi connectivity index (χ3n) is 1.96. The SMILES string of the molecule is COc1ccc(C#Cc2ccoc2)cc1. The monoisotopic (exact) mass is 198 g/mol. The van der Waals surface area contributed by atoms with Gasteiger partial charge in [0.25, 0.3) is 0 Å². The van der Waals surface area contributed by atoms with Gasteiger partial charge in [-0.15, -0.1) is 0 Å². The third kappa shape index (κ3) is 2.41. The van der Waals surface area contributed by atoms with Crippen molar-refractivity contribution in [3.05, 3.63) is 54.0 Å². The van der Waals surface area contributed by atoms with Crippen LogP contribution < -0.4 is 4.74 Å². The summed E-state index contributed by atoms with van der Waals surface area (Å²) in [5, 5.41) is 0. The molecule has 0 N–H and O–H groups in total. The molecule has 0 fully saturated rings. The Labute approximate surface area is 88.5 Å². The van der Waals surface area contributed by atoms with E-state index in [4.69, 9.17) is 9.15 Å². The Bertz CT molecular complexity index is 469. The lowest BCUT2D eigenvalue weighted by atomic mass is 10.2. The Hall–Kier alpha value is -2.14. The van der Waals surface area contributed by atoms with Crippen LogP contribution in [0.25, 0.3) is 0 Å². The molecule has 2 aromatic rings. The summed E-state index contributed by atoms with van der Waals surface area (Å²) in [6.07, 6.45) is 3.23. The molecule has 1 aromatic carbocycles. The van der Waals surface area contributed by atoms with Crippen molar-refractivity contribution in [3.63, 3.8) is 0 Å². The van der Waals surface area contributed by atoms with E-state index < -0.39 is 0 Å². The van der Waals surface area contributed by atoms with Gasteiger partial charge in [0.2, 0.25) is 0 Å². The van der Waals surface area contributed by atoms with Gasteiger partial charge in [-0.05, 0) is 30.3 Å². The molecule has 2 heteroatoms. The van der Waals surface area contributed by atoms with Gasteiger partial charge in [-0.3, -0.25) is 0 Å². The predicted molar refractivity (Wildman–Crippen MR) is 57.7 cm³/mol. The Morgan fingerprint density at radius 3 is 2.33 bits per heavy atom. The van der Waals surface area contributed by atoms with E-state index in [2.05, 4.69) is 11.8 Å². The van der Waals surface area contributed by atoms with E-state index in [1.165, 1.54) is 0 Å². The van der Waals surface area contributed by atoms with E-state index in [9.17, 15) is 0 Å². The van der Waals surface area contributed by atoms with E-state index >= 15 is 0 Å². The van der Waals surface area contributed by atoms with Crippen molar-refractivity contribution in [1.29, 1.82) is 0 Å². The molecule has 0 saturated carbocycles. The number of rotatable bonds is 1. The summed E-state index contributed by atoms with van der Waals surface area (Å²) in [6, 6.07) is 9.45. The highest BCUT2D eigenvalue weighted by Gasteiger charge is 1.90. The second kappa shape index (κ2) is 4.39. The molecule has 0 atom stereocenters. The number of methoxy groups -OCH3 is 1. The van der Waals surface area contributed by atoms with E-state index in [1.807, 2.05) is 30.3 Å². The maximum atomic E-state index is 5.06. The summed E-state index contributed by atoms with van der Waals surface area (Å²) in [7, 11) is 1.64. The van der Waals surface area contributed by atoms with Crippen LogP contribution in [0, 0.1) is 11.8 Å². The summed E-state index contributed by atoms with van der Waals surface area (Å²) in [4.78, 5) is 0. The maximum absolute atomic E-state index is 5.06. The van der Waals surface area contributed by atoms with Crippen LogP contribution in [-0.4, -0.2) is 7.11 Å². The third-order valence-corrected chi connectivity index (χ3v) is 1.96. The van der Waals surface area contributed by atoms with Gasteiger partial charge in [-0.1, -0.05) is 11.8 Å². The Kier molecular flexibility index (Phi) is 2.75. The molecule has 2 nitrogen and oxygen atoms in total. The van der Waals surface area contributed by atoms with Crippen LogP contribution in [0.3, 0.4) is 0 Å². The molecule has 0 aliphatic carbocycles. The molecular weight excluding hydrogens is 188 g/mol. The van der Waals surface area contributed by atoms with Crippen molar-refractivity contribution in [3.8, 4) is 17.6 Å². The summed E-state index contributed by atoms with van der Waals surface area (Å²) in [6.45, 7) is 0. The van der Waals surface area contributed by atoms with Crippen molar-refractivity contribution < 1.29 is 9.15 Å². The summed E-state index contributed by atoms with van der Waals surface area (Å²) >= 11 is 0. The molecule has 15 heavy (non-hydrogen) atoms. The van der Waals surface area contributed by atoms with E-state index in [1.54, 1.807) is 19.6 Å². The zero-order valence-corrected chi connectivity index (χ0v) is 8.36. The summed E-state index contributed by atoms with van der Waals surface area (Å²) in [5.74, 6) is 6.86. The number of hydrogen-bond donors (Lipinski definition) is 0. The lowest BCUT2D eigenvalue weighted by Gasteiger charge is -1.97. The van der Waals surface area contributed by atoms with Crippen LogP contribution in [0.1, 0.15) is 11.1 Å². The molecular formula is C13H10O2. The average molecular weight is 198 g/mol. The van der Waals surface area contributed by atoms with Crippen molar-refractivity contribution in [2.24, 2.45) is 0 Å². The minimum Gasteiger partial charge on any atom is -0.497 e. The summed E-state index contributed by atoms with van der Waals surface area (Å²) in [5.41, 5.74) is 1.84. The normalized spacial score (nSPS) is 9.13. The van der Waals surface area contributed by atoms with Crippen molar-refractivity contribution in [1.82, 2.24) is 0 Å². The predicted octanol–water partition coefficient (Wildman–Crippen LogP) is 2.69. The molecule has 1 heterocycles. The van der Waals surface area contributed by atoms with Gasteiger partial charge >= 0.3 is 0 Å². The lowest BCUT2D eigenvalue weighted by molar-refractivity contribution is 0.415. The molecule has 0 spiro atoms. The largest absolute Gasteiger partial charge is 0.497 e. The fourth-order valence-corrected chi connectivity index (χ4v) is 1.15. The fourth-order valence-electron chi connectivity index (χ4n) is 1.15. The van der Waals surface area contributed by atoms with Crippen LogP contribution in [0.5, 0.6) is 5.75 Å². The van der Waals surface area contributed by atoms with Crippen LogP contribution in [-0.2, 0) is 0 Å². The van der Waals surface area contributed by atoms with Crippen LogP contribution in [0.4, 0.5) is 0 Å². The zero-order valence-electron chi connectivity index (χ0n) is 8.36. The average Bonchev–Trinajstić information content (AvgIpc) is 2.80. The first-order valence-electron chi connectivity index (χ1n) is 4.57. The van der Waals surface area contributed by atoms with E-state index in [0.29, 0.717) is 0 Å². The van der Waals surface area contributed by atoms with Crippen molar-refractivity contribution >= 4 is 0 Å². The quantitative estimate of drug-likeness (QED) is 0.657. The van der Waals surface area contributed by atoms with Gasteiger partial charge in [0.05, 0.1) is 18.9 Å². The molecule has 0 radical (unpaired) electrons. The first kappa shape index (κ1) is 9.42. The molecule has 0 unspecified atom stereocenters. The molecule has 74 valence electrons. The van der Waals surface area contributed by atoms with Gasteiger partial charge in [0, 0.05) is 5.56 Å².